The third kappa shape index (κ3) is 2.79. The molecule has 0 unspecified atom stereocenters. The van der Waals surface area contributed by atoms with Crippen molar-refractivity contribution in [2.24, 2.45) is 5.92 Å². The SMILES string of the molecule is CN1C[C@H](C(=O)c2cccc(O)c2)[C@@H](c2ccc([N+](=O)[O-])o2)C12C(=O)c1ccccc1C2=O. The maximum atomic E-state index is 13.7. The highest BCUT2D eigenvalue weighted by molar-refractivity contribution is 6.34. The third-order valence-corrected chi connectivity index (χ3v) is 6.60. The molecule has 0 radical (unpaired) electrons. The molecule has 166 valence electrons. The summed E-state index contributed by atoms with van der Waals surface area (Å²) in [4.78, 5) is 53.1. The number of furan rings is 1. The standard InChI is InChI=1S/C24H18N2O7/c1-25-12-17(21(28)13-5-4-6-14(27)11-13)20(18-9-10-19(33-18)26(31)32)24(25)22(29)15-7-2-3-8-16(15)23(24)30/h2-11,17,20,27H,12H2,1H3/t17-,20-/m0/s1. The van der Waals surface area contributed by atoms with Crippen LogP contribution in [0.25, 0.3) is 0 Å². The summed E-state index contributed by atoms with van der Waals surface area (Å²) < 4.78 is 5.47. The normalized spacial score (nSPS) is 21.5. The van der Waals surface area contributed by atoms with Gasteiger partial charge in [-0.2, -0.15) is 0 Å². The smallest absolute Gasteiger partial charge is 0.433 e. The van der Waals surface area contributed by atoms with Crippen molar-refractivity contribution in [2.75, 3.05) is 13.6 Å². The molecule has 1 aliphatic carbocycles. The van der Waals surface area contributed by atoms with E-state index in [0.29, 0.717) is 0 Å². The Morgan fingerprint density at radius 2 is 1.76 bits per heavy atom. The first-order chi connectivity index (χ1) is 15.8. The minimum absolute atomic E-state index is 0.0130. The number of likely N-dealkylation sites (N-methyl/N-ethyl adjacent to an activating group) is 1. The van der Waals surface area contributed by atoms with Crippen LogP contribution in [-0.4, -0.2) is 51.4 Å². The average molecular weight is 446 g/mol. The fourth-order valence-electron chi connectivity index (χ4n) is 5.21. The van der Waals surface area contributed by atoms with E-state index in [9.17, 15) is 29.6 Å². The summed E-state index contributed by atoms with van der Waals surface area (Å²) in [5.74, 6) is -4.01. The van der Waals surface area contributed by atoms with E-state index in [0.717, 1.165) is 6.07 Å². The Hall–Kier alpha value is -4.11. The largest absolute Gasteiger partial charge is 0.508 e. The van der Waals surface area contributed by atoms with E-state index in [4.69, 9.17) is 4.42 Å². The highest BCUT2D eigenvalue weighted by Gasteiger charge is 2.68. The fraction of sp³-hybridized carbons (Fsp3) is 0.208. The lowest BCUT2D eigenvalue weighted by Crippen LogP contribution is -2.54. The van der Waals surface area contributed by atoms with Crippen LogP contribution in [0, 0.1) is 16.0 Å². The minimum atomic E-state index is -1.77. The van der Waals surface area contributed by atoms with Crippen LogP contribution in [0.2, 0.25) is 0 Å². The van der Waals surface area contributed by atoms with Gasteiger partial charge in [-0.25, -0.2) is 0 Å². The Kier molecular flexibility index (Phi) is 4.54. The first-order valence-electron chi connectivity index (χ1n) is 10.2. The van der Waals surface area contributed by atoms with Crippen LogP contribution in [0.15, 0.2) is 65.1 Å². The number of phenols is 1. The number of phenolic OH excluding ortho intramolecular Hbond substituents is 1. The number of rotatable bonds is 4. The Balaban J connectivity index is 1.71. The van der Waals surface area contributed by atoms with Gasteiger partial charge in [0, 0.05) is 29.2 Å². The summed E-state index contributed by atoms with van der Waals surface area (Å²) in [6.45, 7) is 0.0408. The number of benzene rings is 2. The maximum Gasteiger partial charge on any atom is 0.433 e. The molecule has 1 N–H and O–H groups in total. The minimum Gasteiger partial charge on any atom is -0.508 e. The van der Waals surface area contributed by atoms with Gasteiger partial charge in [0.25, 0.3) is 0 Å². The van der Waals surface area contributed by atoms with E-state index in [1.54, 1.807) is 36.2 Å². The van der Waals surface area contributed by atoms with Crippen molar-refractivity contribution in [1.82, 2.24) is 4.90 Å². The molecule has 1 aliphatic heterocycles. The summed E-state index contributed by atoms with van der Waals surface area (Å²) in [6, 6.07) is 14.7. The summed E-state index contributed by atoms with van der Waals surface area (Å²) in [7, 11) is 1.59. The van der Waals surface area contributed by atoms with Gasteiger partial charge in [0.15, 0.2) is 22.9 Å². The third-order valence-electron chi connectivity index (χ3n) is 6.60. The molecule has 2 aliphatic rings. The molecule has 9 nitrogen and oxygen atoms in total. The number of carbonyl (C=O) groups excluding carboxylic acids is 3. The van der Waals surface area contributed by atoms with Crippen molar-refractivity contribution < 1.29 is 28.8 Å². The van der Waals surface area contributed by atoms with Crippen LogP contribution in [-0.2, 0) is 0 Å². The molecule has 1 saturated heterocycles. The second-order valence-corrected chi connectivity index (χ2v) is 8.28. The molecule has 2 aromatic carbocycles. The Labute approximate surface area is 187 Å². The van der Waals surface area contributed by atoms with Gasteiger partial charge in [-0.05, 0) is 25.2 Å². The molecule has 2 atom stereocenters. The molecule has 2 heterocycles. The van der Waals surface area contributed by atoms with Crippen LogP contribution < -0.4 is 0 Å². The molecule has 9 heteroatoms. The molecule has 5 rings (SSSR count). The molecule has 0 saturated carbocycles. The lowest BCUT2D eigenvalue weighted by molar-refractivity contribution is -0.402. The second kappa shape index (κ2) is 7.21. The van der Waals surface area contributed by atoms with Crippen LogP contribution in [0.1, 0.15) is 42.8 Å². The molecular formula is C24H18N2O7. The Bertz CT molecular complexity index is 1310. The number of aromatic hydroxyl groups is 1. The fourth-order valence-corrected chi connectivity index (χ4v) is 5.21. The van der Waals surface area contributed by atoms with Crippen LogP contribution in [0.5, 0.6) is 5.75 Å². The number of carbonyl (C=O) groups is 3. The van der Waals surface area contributed by atoms with Crippen molar-refractivity contribution in [3.63, 3.8) is 0 Å². The van der Waals surface area contributed by atoms with Gasteiger partial charge in [-0.3, -0.25) is 29.4 Å². The molecule has 1 spiro atoms. The predicted octanol–water partition coefficient (Wildman–Crippen LogP) is 3.24. The van der Waals surface area contributed by atoms with Crippen molar-refractivity contribution >= 4 is 23.2 Å². The first kappa shape index (κ1) is 20.8. The van der Waals surface area contributed by atoms with E-state index < -0.39 is 45.5 Å². The van der Waals surface area contributed by atoms with Crippen molar-refractivity contribution in [2.45, 2.75) is 11.5 Å². The van der Waals surface area contributed by atoms with E-state index in [2.05, 4.69) is 0 Å². The Morgan fingerprint density at radius 1 is 1.09 bits per heavy atom. The van der Waals surface area contributed by atoms with E-state index in [1.165, 1.54) is 30.3 Å². The maximum absolute atomic E-state index is 13.7. The average Bonchev–Trinajstić information content (AvgIpc) is 3.46. The highest BCUT2D eigenvalue weighted by Crippen LogP contribution is 2.53. The molecule has 3 aromatic rings. The number of hydrogen-bond acceptors (Lipinski definition) is 8. The zero-order chi connectivity index (χ0) is 23.5. The second-order valence-electron chi connectivity index (χ2n) is 8.28. The van der Waals surface area contributed by atoms with Crippen LogP contribution >= 0.6 is 0 Å². The molecular weight excluding hydrogens is 428 g/mol. The molecule has 33 heavy (non-hydrogen) atoms. The molecule has 0 bridgehead atoms. The molecule has 0 amide bonds. The summed E-state index contributed by atoms with van der Waals surface area (Å²) >= 11 is 0. The number of likely N-dealkylation sites (tertiary alicyclic amines) is 1. The van der Waals surface area contributed by atoms with Crippen LogP contribution in [0.3, 0.4) is 0 Å². The number of nitrogens with zero attached hydrogens (tertiary/aromatic N) is 2. The van der Waals surface area contributed by atoms with Gasteiger partial charge >= 0.3 is 5.88 Å². The van der Waals surface area contributed by atoms with Crippen molar-refractivity contribution in [3.05, 3.63) is 93.2 Å². The lowest BCUT2D eigenvalue weighted by atomic mass is 9.73. The van der Waals surface area contributed by atoms with Crippen LogP contribution in [0.4, 0.5) is 5.88 Å². The topological polar surface area (TPSA) is 131 Å². The van der Waals surface area contributed by atoms with Gasteiger partial charge in [-0.1, -0.05) is 36.4 Å². The molecule has 1 fully saturated rings. The monoisotopic (exact) mass is 446 g/mol. The number of Topliss-reactive ketones (excluding diaryl/α,β-unsaturated/α-hetero) is 3. The zero-order valence-corrected chi connectivity index (χ0v) is 17.4. The predicted molar refractivity (Wildman–Crippen MR) is 114 cm³/mol. The summed E-state index contributed by atoms with van der Waals surface area (Å²) in [5, 5.41) is 21.1. The van der Waals surface area contributed by atoms with E-state index >= 15 is 0 Å². The number of fused-ring (bicyclic) bond motifs is 1. The number of nitro groups is 1. The molecule has 1 aromatic heterocycles. The Morgan fingerprint density at radius 3 is 2.33 bits per heavy atom. The van der Waals surface area contributed by atoms with Gasteiger partial charge in [0.1, 0.15) is 16.4 Å². The summed E-state index contributed by atoms with van der Waals surface area (Å²) in [5.41, 5.74) is -1.09. The van der Waals surface area contributed by atoms with Gasteiger partial charge in [0.2, 0.25) is 0 Å². The van der Waals surface area contributed by atoms with Crippen molar-refractivity contribution in [3.8, 4) is 5.75 Å². The quantitative estimate of drug-likeness (QED) is 0.280. The van der Waals surface area contributed by atoms with Gasteiger partial charge < -0.3 is 9.52 Å². The lowest BCUT2D eigenvalue weighted by Gasteiger charge is -2.33. The first-order valence-corrected chi connectivity index (χ1v) is 10.2. The van der Waals surface area contributed by atoms with Gasteiger partial charge in [-0.15, -0.1) is 0 Å². The number of ketones is 3. The highest BCUT2D eigenvalue weighted by atomic mass is 16.6. The van der Waals surface area contributed by atoms with E-state index in [1.807, 2.05) is 0 Å². The number of hydrogen-bond donors (Lipinski definition) is 1. The zero-order valence-electron chi connectivity index (χ0n) is 17.4. The van der Waals surface area contributed by atoms with Crippen molar-refractivity contribution in [1.29, 1.82) is 0 Å². The summed E-state index contributed by atoms with van der Waals surface area (Å²) in [6.07, 6.45) is 0. The van der Waals surface area contributed by atoms with E-state index in [-0.39, 0.29) is 34.7 Å². The van der Waals surface area contributed by atoms with Gasteiger partial charge in [0.05, 0.1) is 12.0 Å².